The van der Waals surface area contributed by atoms with Gasteiger partial charge in [-0.3, -0.25) is 4.79 Å². The SMILES string of the molecule is NC(=S)c1ccc(CNC(=O)Cc2ccc(F)cc2)cc1. The van der Waals surface area contributed by atoms with E-state index in [1.165, 1.54) is 12.1 Å². The molecule has 0 aliphatic rings. The Balaban J connectivity index is 1.86. The molecule has 3 N–H and O–H groups in total. The standard InChI is InChI=1S/C16H15FN2OS/c17-14-7-3-11(4-8-14)9-15(20)19-10-12-1-5-13(6-2-12)16(18)21/h1-8H,9-10H2,(H2,18,21)(H,19,20). The van der Waals surface area contributed by atoms with E-state index in [4.69, 9.17) is 18.0 Å². The molecule has 2 aromatic carbocycles. The van der Waals surface area contributed by atoms with Crippen LogP contribution < -0.4 is 11.1 Å². The van der Waals surface area contributed by atoms with Crippen molar-refractivity contribution < 1.29 is 9.18 Å². The number of nitrogens with one attached hydrogen (secondary N) is 1. The molecule has 0 atom stereocenters. The second-order valence-electron chi connectivity index (χ2n) is 4.64. The molecule has 108 valence electrons. The van der Waals surface area contributed by atoms with Crippen molar-refractivity contribution in [2.45, 2.75) is 13.0 Å². The van der Waals surface area contributed by atoms with Crippen LogP contribution in [0.3, 0.4) is 0 Å². The molecule has 1 amide bonds. The second-order valence-corrected chi connectivity index (χ2v) is 5.08. The predicted octanol–water partition coefficient (Wildman–Crippen LogP) is 2.32. The lowest BCUT2D eigenvalue weighted by Gasteiger charge is -2.06. The number of hydrogen-bond acceptors (Lipinski definition) is 2. The van der Waals surface area contributed by atoms with E-state index >= 15 is 0 Å². The highest BCUT2D eigenvalue weighted by Crippen LogP contribution is 2.06. The maximum absolute atomic E-state index is 12.8. The van der Waals surface area contributed by atoms with Gasteiger partial charge in [0.05, 0.1) is 6.42 Å². The molecule has 2 rings (SSSR count). The summed E-state index contributed by atoms with van der Waals surface area (Å²) in [5.74, 6) is -0.419. The topological polar surface area (TPSA) is 55.1 Å². The summed E-state index contributed by atoms with van der Waals surface area (Å²) < 4.78 is 12.8. The fourth-order valence-corrected chi connectivity index (χ4v) is 1.97. The minimum Gasteiger partial charge on any atom is -0.389 e. The van der Waals surface area contributed by atoms with Gasteiger partial charge in [-0.2, -0.15) is 0 Å². The van der Waals surface area contributed by atoms with Gasteiger partial charge in [-0.05, 0) is 23.3 Å². The van der Waals surface area contributed by atoms with Crippen LogP contribution in [0, 0.1) is 5.82 Å². The number of nitrogens with two attached hydrogens (primary N) is 1. The fraction of sp³-hybridized carbons (Fsp3) is 0.125. The minimum atomic E-state index is -0.308. The third kappa shape index (κ3) is 4.65. The Bertz CT molecular complexity index is 638. The molecule has 0 fully saturated rings. The molecule has 0 unspecified atom stereocenters. The summed E-state index contributed by atoms with van der Waals surface area (Å²) in [5, 5.41) is 2.81. The monoisotopic (exact) mass is 302 g/mol. The summed E-state index contributed by atoms with van der Waals surface area (Å²) in [5.41, 5.74) is 8.05. The van der Waals surface area contributed by atoms with E-state index in [9.17, 15) is 9.18 Å². The molecule has 5 heteroatoms. The lowest BCUT2D eigenvalue weighted by molar-refractivity contribution is -0.120. The normalized spacial score (nSPS) is 10.1. The number of carbonyl (C=O) groups excluding carboxylic acids is 1. The van der Waals surface area contributed by atoms with Crippen LogP contribution in [0.2, 0.25) is 0 Å². The van der Waals surface area contributed by atoms with Gasteiger partial charge in [0.15, 0.2) is 0 Å². The molecule has 2 aromatic rings. The molecule has 0 saturated carbocycles. The van der Waals surface area contributed by atoms with Crippen LogP contribution in [0.25, 0.3) is 0 Å². The molecule has 0 spiro atoms. The lowest BCUT2D eigenvalue weighted by Crippen LogP contribution is -2.24. The Labute approximate surface area is 128 Å². The Morgan fingerprint density at radius 2 is 1.62 bits per heavy atom. The first-order chi connectivity index (χ1) is 10.0. The van der Waals surface area contributed by atoms with Crippen molar-refractivity contribution in [3.8, 4) is 0 Å². The Kier molecular flexibility index (Phi) is 5.00. The van der Waals surface area contributed by atoms with Gasteiger partial charge in [-0.15, -0.1) is 0 Å². The van der Waals surface area contributed by atoms with Crippen LogP contribution in [-0.4, -0.2) is 10.9 Å². The van der Waals surface area contributed by atoms with Gasteiger partial charge in [0.25, 0.3) is 0 Å². The Morgan fingerprint density at radius 1 is 1.05 bits per heavy atom. The van der Waals surface area contributed by atoms with Gasteiger partial charge in [0.1, 0.15) is 10.8 Å². The van der Waals surface area contributed by atoms with E-state index in [0.29, 0.717) is 11.5 Å². The molecule has 0 aromatic heterocycles. The van der Waals surface area contributed by atoms with E-state index < -0.39 is 0 Å². The number of thiocarbonyl (C=S) groups is 1. The van der Waals surface area contributed by atoms with E-state index in [1.807, 2.05) is 24.3 Å². The Hall–Kier alpha value is -2.27. The summed E-state index contributed by atoms with van der Waals surface area (Å²) in [6.07, 6.45) is 0.227. The van der Waals surface area contributed by atoms with E-state index in [2.05, 4.69) is 5.32 Å². The van der Waals surface area contributed by atoms with Crippen molar-refractivity contribution in [2.24, 2.45) is 5.73 Å². The first-order valence-corrected chi connectivity index (χ1v) is 6.85. The van der Waals surface area contributed by atoms with Gasteiger partial charge >= 0.3 is 0 Å². The maximum atomic E-state index is 12.8. The molecule has 0 radical (unpaired) electrons. The smallest absolute Gasteiger partial charge is 0.224 e. The fourth-order valence-electron chi connectivity index (χ4n) is 1.84. The number of halogens is 1. The number of carbonyl (C=O) groups is 1. The van der Waals surface area contributed by atoms with Crippen molar-refractivity contribution >= 4 is 23.1 Å². The summed E-state index contributed by atoms with van der Waals surface area (Å²) in [7, 11) is 0. The molecule has 21 heavy (non-hydrogen) atoms. The number of rotatable bonds is 5. The van der Waals surface area contributed by atoms with Gasteiger partial charge in [0, 0.05) is 12.1 Å². The minimum absolute atomic E-state index is 0.111. The zero-order valence-electron chi connectivity index (χ0n) is 11.3. The van der Waals surface area contributed by atoms with Gasteiger partial charge in [-0.1, -0.05) is 48.6 Å². The van der Waals surface area contributed by atoms with Gasteiger partial charge in [-0.25, -0.2) is 4.39 Å². The van der Waals surface area contributed by atoms with E-state index in [1.54, 1.807) is 12.1 Å². The first kappa shape index (κ1) is 15.1. The molecular weight excluding hydrogens is 287 g/mol. The summed E-state index contributed by atoms with van der Waals surface area (Å²) in [4.78, 5) is 12.1. The van der Waals surface area contributed by atoms with E-state index in [0.717, 1.165) is 16.7 Å². The van der Waals surface area contributed by atoms with Crippen LogP contribution in [0.5, 0.6) is 0 Å². The highest BCUT2D eigenvalue weighted by Gasteiger charge is 2.04. The van der Waals surface area contributed by atoms with Crippen molar-refractivity contribution in [1.29, 1.82) is 0 Å². The lowest BCUT2D eigenvalue weighted by atomic mass is 10.1. The average Bonchev–Trinajstić information content (AvgIpc) is 2.48. The zero-order valence-corrected chi connectivity index (χ0v) is 12.1. The van der Waals surface area contributed by atoms with Crippen LogP contribution in [0.1, 0.15) is 16.7 Å². The van der Waals surface area contributed by atoms with Crippen LogP contribution >= 0.6 is 12.2 Å². The molecule has 3 nitrogen and oxygen atoms in total. The largest absolute Gasteiger partial charge is 0.389 e. The molecule has 0 heterocycles. The number of benzene rings is 2. The summed E-state index contributed by atoms with van der Waals surface area (Å²) in [6, 6.07) is 13.3. The number of hydrogen-bond donors (Lipinski definition) is 2. The van der Waals surface area contributed by atoms with Crippen molar-refractivity contribution in [1.82, 2.24) is 5.32 Å². The average molecular weight is 302 g/mol. The van der Waals surface area contributed by atoms with Crippen LogP contribution in [-0.2, 0) is 17.8 Å². The van der Waals surface area contributed by atoms with Crippen molar-refractivity contribution in [3.05, 3.63) is 71.0 Å². The zero-order chi connectivity index (χ0) is 15.2. The first-order valence-electron chi connectivity index (χ1n) is 6.44. The van der Waals surface area contributed by atoms with Crippen molar-refractivity contribution in [3.63, 3.8) is 0 Å². The van der Waals surface area contributed by atoms with Crippen LogP contribution in [0.15, 0.2) is 48.5 Å². The van der Waals surface area contributed by atoms with Gasteiger partial charge in [0.2, 0.25) is 5.91 Å². The molecule has 0 aliphatic heterocycles. The van der Waals surface area contributed by atoms with Crippen LogP contribution in [0.4, 0.5) is 4.39 Å². The molecule has 0 aliphatic carbocycles. The van der Waals surface area contributed by atoms with E-state index in [-0.39, 0.29) is 18.1 Å². The molecule has 0 bridgehead atoms. The quantitative estimate of drug-likeness (QED) is 0.833. The predicted molar refractivity (Wildman–Crippen MR) is 84.3 cm³/mol. The third-order valence-corrected chi connectivity index (χ3v) is 3.24. The third-order valence-electron chi connectivity index (χ3n) is 3.01. The highest BCUT2D eigenvalue weighted by atomic mass is 32.1. The Morgan fingerprint density at radius 3 is 2.19 bits per heavy atom. The summed E-state index contributed by atoms with van der Waals surface area (Å²) >= 11 is 4.87. The van der Waals surface area contributed by atoms with Crippen molar-refractivity contribution in [2.75, 3.05) is 0 Å². The second kappa shape index (κ2) is 6.95. The maximum Gasteiger partial charge on any atom is 0.224 e. The number of amides is 1. The summed E-state index contributed by atoms with van der Waals surface area (Å²) in [6.45, 7) is 0.428. The highest BCUT2D eigenvalue weighted by molar-refractivity contribution is 7.80. The molecular formula is C16H15FN2OS. The molecule has 0 saturated heterocycles. The van der Waals surface area contributed by atoms with Gasteiger partial charge < -0.3 is 11.1 Å².